The van der Waals surface area contributed by atoms with Crippen molar-refractivity contribution in [3.05, 3.63) is 34.9 Å². The van der Waals surface area contributed by atoms with E-state index in [2.05, 4.69) is 25.7 Å². The summed E-state index contributed by atoms with van der Waals surface area (Å²) in [6, 6.07) is 5.79. The summed E-state index contributed by atoms with van der Waals surface area (Å²) in [4.78, 5) is 14.7. The third-order valence-electron chi connectivity index (χ3n) is 4.42. The van der Waals surface area contributed by atoms with E-state index in [1.54, 1.807) is 0 Å². The molecule has 3 heteroatoms. The zero-order chi connectivity index (χ0) is 15.4. The number of carbonyl (C=O) groups is 1. The van der Waals surface area contributed by atoms with Crippen molar-refractivity contribution in [2.24, 2.45) is 17.6 Å². The number of rotatable bonds is 1. The van der Waals surface area contributed by atoms with Crippen LogP contribution >= 0.6 is 0 Å². The van der Waals surface area contributed by atoms with Crippen LogP contribution in [0.4, 0.5) is 0 Å². The van der Waals surface area contributed by atoms with Crippen molar-refractivity contribution in [3.8, 4) is 11.8 Å². The highest BCUT2D eigenvalue weighted by molar-refractivity contribution is 5.96. The Morgan fingerprint density at radius 3 is 2.81 bits per heavy atom. The van der Waals surface area contributed by atoms with Crippen molar-refractivity contribution in [1.82, 2.24) is 4.90 Å². The predicted molar refractivity (Wildman–Crippen MR) is 86.0 cm³/mol. The molecule has 3 nitrogen and oxygen atoms in total. The lowest BCUT2D eigenvalue weighted by Gasteiger charge is -2.35. The summed E-state index contributed by atoms with van der Waals surface area (Å²) < 4.78 is 0. The standard InChI is InChI=1S/C18H24N2O/c1-13-8-10-20(12-15(13)3)18(21)17-11-16(5-4-9-19)7-6-14(17)2/h6-7,11,13,15H,8-10,12,19H2,1-3H3. The molecule has 1 aromatic carbocycles. The quantitative estimate of drug-likeness (QED) is 0.805. The molecular formula is C18H24N2O. The highest BCUT2D eigenvalue weighted by Crippen LogP contribution is 2.24. The van der Waals surface area contributed by atoms with Crippen molar-refractivity contribution < 1.29 is 4.79 Å². The van der Waals surface area contributed by atoms with Crippen molar-refractivity contribution in [2.75, 3.05) is 19.6 Å². The predicted octanol–water partition coefficient (Wildman–Crippen LogP) is 2.42. The average molecular weight is 284 g/mol. The number of hydrogen-bond acceptors (Lipinski definition) is 2. The average Bonchev–Trinajstić information content (AvgIpc) is 2.48. The molecule has 1 aliphatic rings. The van der Waals surface area contributed by atoms with E-state index in [9.17, 15) is 4.79 Å². The smallest absolute Gasteiger partial charge is 0.254 e. The molecule has 0 saturated carbocycles. The largest absolute Gasteiger partial charge is 0.338 e. The maximum absolute atomic E-state index is 12.8. The number of nitrogens with two attached hydrogens (primary N) is 1. The van der Waals surface area contributed by atoms with Gasteiger partial charge in [-0.3, -0.25) is 4.79 Å². The zero-order valence-electron chi connectivity index (χ0n) is 13.1. The molecule has 0 spiro atoms. The summed E-state index contributed by atoms with van der Waals surface area (Å²) in [7, 11) is 0. The maximum Gasteiger partial charge on any atom is 0.254 e. The molecule has 1 aliphatic heterocycles. The third-order valence-corrected chi connectivity index (χ3v) is 4.42. The van der Waals surface area contributed by atoms with Crippen LogP contribution in [0, 0.1) is 30.6 Å². The fourth-order valence-corrected chi connectivity index (χ4v) is 2.70. The van der Waals surface area contributed by atoms with Gasteiger partial charge in [0.1, 0.15) is 0 Å². The molecule has 2 rings (SSSR count). The Labute approximate surface area is 127 Å². The van der Waals surface area contributed by atoms with Crippen LogP contribution in [0.3, 0.4) is 0 Å². The number of hydrogen-bond donors (Lipinski definition) is 1. The van der Waals surface area contributed by atoms with Crippen LogP contribution < -0.4 is 5.73 Å². The first-order valence-corrected chi connectivity index (χ1v) is 7.61. The fraction of sp³-hybridized carbons (Fsp3) is 0.500. The summed E-state index contributed by atoms with van der Waals surface area (Å²) in [6.07, 6.45) is 1.08. The summed E-state index contributed by atoms with van der Waals surface area (Å²) in [5, 5.41) is 0. The molecule has 21 heavy (non-hydrogen) atoms. The number of aryl methyl sites for hydroxylation is 1. The molecule has 1 saturated heterocycles. The third kappa shape index (κ3) is 3.65. The Morgan fingerprint density at radius 2 is 2.14 bits per heavy atom. The lowest BCUT2D eigenvalue weighted by atomic mass is 9.88. The summed E-state index contributed by atoms with van der Waals surface area (Å²) >= 11 is 0. The second kappa shape index (κ2) is 6.78. The van der Waals surface area contributed by atoms with Crippen LogP contribution in [-0.4, -0.2) is 30.4 Å². The summed E-state index contributed by atoms with van der Waals surface area (Å²) in [6.45, 7) is 8.49. The molecule has 0 radical (unpaired) electrons. The van der Waals surface area contributed by atoms with Gasteiger partial charge in [-0.1, -0.05) is 31.8 Å². The van der Waals surface area contributed by atoms with Gasteiger partial charge in [0.15, 0.2) is 0 Å². The first-order chi connectivity index (χ1) is 10.0. The van der Waals surface area contributed by atoms with Crippen molar-refractivity contribution in [3.63, 3.8) is 0 Å². The monoisotopic (exact) mass is 284 g/mol. The maximum atomic E-state index is 12.8. The van der Waals surface area contributed by atoms with Gasteiger partial charge in [-0.05, 0) is 42.9 Å². The van der Waals surface area contributed by atoms with Crippen LogP contribution in [-0.2, 0) is 0 Å². The second-order valence-electron chi connectivity index (χ2n) is 6.03. The number of benzene rings is 1. The van der Waals surface area contributed by atoms with Gasteiger partial charge in [0.05, 0.1) is 6.54 Å². The number of likely N-dealkylation sites (tertiary alicyclic amines) is 1. The number of carbonyl (C=O) groups excluding carboxylic acids is 1. The van der Waals surface area contributed by atoms with E-state index in [0.29, 0.717) is 18.4 Å². The first-order valence-electron chi connectivity index (χ1n) is 7.61. The molecule has 112 valence electrons. The summed E-state index contributed by atoms with van der Waals surface area (Å²) in [5.41, 5.74) is 8.02. The van der Waals surface area contributed by atoms with E-state index in [1.807, 2.05) is 30.0 Å². The summed E-state index contributed by atoms with van der Waals surface area (Å²) in [5.74, 6) is 7.21. The second-order valence-corrected chi connectivity index (χ2v) is 6.03. The molecule has 1 heterocycles. The number of amides is 1. The van der Waals surface area contributed by atoms with E-state index >= 15 is 0 Å². The SMILES string of the molecule is Cc1ccc(C#CCN)cc1C(=O)N1CCC(C)C(C)C1. The Kier molecular flexibility index (Phi) is 5.03. The first kappa shape index (κ1) is 15.6. The van der Waals surface area contributed by atoms with Crippen molar-refractivity contribution in [1.29, 1.82) is 0 Å². The minimum atomic E-state index is 0.127. The van der Waals surface area contributed by atoms with Crippen LogP contribution in [0.5, 0.6) is 0 Å². The van der Waals surface area contributed by atoms with Crippen LogP contribution in [0.2, 0.25) is 0 Å². The van der Waals surface area contributed by atoms with Gasteiger partial charge < -0.3 is 10.6 Å². The number of nitrogens with zero attached hydrogens (tertiary/aromatic N) is 1. The minimum Gasteiger partial charge on any atom is -0.338 e. The van der Waals surface area contributed by atoms with Gasteiger partial charge in [-0.25, -0.2) is 0 Å². The van der Waals surface area contributed by atoms with E-state index < -0.39 is 0 Å². The zero-order valence-corrected chi connectivity index (χ0v) is 13.1. The van der Waals surface area contributed by atoms with E-state index in [4.69, 9.17) is 5.73 Å². The topological polar surface area (TPSA) is 46.3 Å². The lowest BCUT2D eigenvalue weighted by Crippen LogP contribution is -2.42. The fourth-order valence-electron chi connectivity index (χ4n) is 2.70. The van der Waals surface area contributed by atoms with E-state index in [0.717, 1.165) is 36.2 Å². The van der Waals surface area contributed by atoms with E-state index in [1.165, 1.54) is 0 Å². The Balaban J connectivity index is 2.22. The van der Waals surface area contributed by atoms with E-state index in [-0.39, 0.29) is 5.91 Å². The van der Waals surface area contributed by atoms with Gasteiger partial charge in [0, 0.05) is 24.2 Å². The van der Waals surface area contributed by atoms with Gasteiger partial charge in [-0.15, -0.1) is 0 Å². The van der Waals surface area contributed by atoms with Gasteiger partial charge in [-0.2, -0.15) is 0 Å². The Hall–Kier alpha value is -1.79. The van der Waals surface area contributed by atoms with Crippen molar-refractivity contribution >= 4 is 5.91 Å². The van der Waals surface area contributed by atoms with Crippen molar-refractivity contribution in [2.45, 2.75) is 27.2 Å². The van der Waals surface area contributed by atoms with Crippen LogP contribution in [0.15, 0.2) is 18.2 Å². The highest BCUT2D eigenvalue weighted by Gasteiger charge is 2.27. The molecule has 1 amide bonds. The highest BCUT2D eigenvalue weighted by atomic mass is 16.2. The Morgan fingerprint density at radius 1 is 1.38 bits per heavy atom. The molecule has 1 fully saturated rings. The molecule has 0 bridgehead atoms. The van der Waals surface area contributed by atoms with Gasteiger partial charge in [0.2, 0.25) is 0 Å². The van der Waals surface area contributed by atoms with Crippen LogP contribution in [0.1, 0.15) is 41.8 Å². The van der Waals surface area contributed by atoms with Crippen LogP contribution in [0.25, 0.3) is 0 Å². The molecule has 1 aromatic rings. The molecule has 0 aromatic heterocycles. The Bertz CT molecular complexity index is 583. The molecular weight excluding hydrogens is 260 g/mol. The lowest BCUT2D eigenvalue weighted by molar-refractivity contribution is 0.0626. The van der Waals surface area contributed by atoms with Gasteiger partial charge >= 0.3 is 0 Å². The van der Waals surface area contributed by atoms with Gasteiger partial charge in [0.25, 0.3) is 5.91 Å². The molecule has 2 atom stereocenters. The molecule has 2 unspecified atom stereocenters. The normalized spacial score (nSPS) is 21.6. The molecule has 2 N–H and O–H groups in total. The molecule has 0 aliphatic carbocycles. The number of piperidine rings is 1. The minimum absolute atomic E-state index is 0.127.